The average molecular weight is 543 g/mol. The smallest absolute Gasteiger partial charge is 0.270 e. The maximum Gasteiger partial charge on any atom is 0.270 e. The van der Waals surface area contributed by atoms with Crippen molar-refractivity contribution in [2.45, 2.75) is 89.0 Å². The Morgan fingerprint density at radius 3 is 2.63 bits per heavy atom. The number of rotatable bonds is 11. The third kappa shape index (κ3) is 5.70. The van der Waals surface area contributed by atoms with E-state index in [9.17, 15) is 18.0 Å². The Labute approximate surface area is 223 Å². The van der Waals surface area contributed by atoms with E-state index in [1.807, 2.05) is 6.07 Å². The Kier molecular flexibility index (Phi) is 7.19. The highest BCUT2D eigenvalue weighted by molar-refractivity contribution is 7.91. The molecule has 1 aliphatic heterocycles. The van der Waals surface area contributed by atoms with Gasteiger partial charge in [0.05, 0.1) is 16.5 Å². The van der Waals surface area contributed by atoms with Crippen LogP contribution in [0.1, 0.15) is 82.0 Å². The summed E-state index contributed by atoms with van der Waals surface area (Å²) in [5, 5.41) is 6.81. The number of unbranched alkanes of at least 4 members (excludes halogenated alkanes) is 2. The molecule has 0 bridgehead atoms. The predicted octanol–water partition coefficient (Wildman–Crippen LogP) is 3.96. The summed E-state index contributed by atoms with van der Waals surface area (Å²) in [6, 6.07) is 6.82. The third-order valence-corrected chi connectivity index (χ3v) is 9.48. The molecule has 0 saturated heterocycles. The number of sulfonamides is 1. The maximum atomic E-state index is 15.4. The van der Waals surface area contributed by atoms with Crippen molar-refractivity contribution in [3.05, 3.63) is 58.7 Å². The molecular formula is C28H35FN4O4S. The van der Waals surface area contributed by atoms with Crippen molar-refractivity contribution in [1.29, 1.82) is 0 Å². The summed E-state index contributed by atoms with van der Waals surface area (Å²) in [6.45, 7) is 4.58. The minimum atomic E-state index is -3.87. The zero-order valence-corrected chi connectivity index (χ0v) is 22.7. The van der Waals surface area contributed by atoms with Crippen LogP contribution >= 0.6 is 0 Å². The molecule has 2 aliphatic carbocycles. The number of carbonyl (C=O) groups excluding carboxylic acids is 2. The Hall–Kier alpha value is -3.01. The van der Waals surface area contributed by atoms with E-state index in [1.54, 1.807) is 29.9 Å². The van der Waals surface area contributed by atoms with Gasteiger partial charge in [0.2, 0.25) is 10.0 Å². The van der Waals surface area contributed by atoms with Crippen LogP contribution in [0.15, 0.2) is 36.0 Å². The molecule has 3 aliphatic rings. The molecule has 38 heavy (non-hydrogen) atoms. The third-order valence-electron chi connectivity index (χ3n) is 7.66. The fourth-order valence-corrected chi connectivity index (χ4v) is 6.41. The lowest BCUT2D eigenvalue weighted by molar-refractivity contribution is -0.124. The van der Waals surface area contributed by atoms with Gasteiger partial charge in [-0.2, -0.15) is 5.10 Å². The first kappa shape index (κ1) is 26.6. The Balaban J connectivity index is 1.49. The highest BCUT2D eigenvalue weighted by Crippen LogP contribution is 2.40. The first-order valence-electron chi connectivity index (χ1n) is 13.5. The van der Waals surface area contributed by atoms with E-state index >= 15 is 4.39 Å². The summed E-state index contributed by atoms with van der Waals surface area (Å²) in [6.07, 6.45) is 9.02. The van der Waals surface area contributed by atoms with Crippen molar-refractivity contribution in [2.75, 3.05) is 0 Å². The highest BCUT2D eigenvalue weighted by Gasteiger charge is 2.44. The standard InChI is InChI=1S/C28H35FN4O4S/c1-3-4-5-6-18-9-12-22(23(29)15-18)28(2)16-21(24-13-14-33(31-24)17-19-7-8-19)25(26(34)30-28)27(35)32-38(36,37)20-10-11-20/h9,12-15,19-20H,3-8,10-11,16-17H2,1-2H3,(H,30,34)(H,32,35)/t28-/m0/s1. The highest BCUT2D eigenvalue weighted by atomic mass is 32.2. The lowest BCUT2D eigenvalue weighted by atomic mass is 9.79. The van der Waals surface area contributed by atoms with Gasteiger partial charge >= 0.3 is 0 Å². The molecule has 2 N–H and O–H groups in total. The molecule has 1 atom stereocenters. The van der Waals surface area contributed by atoms with Gasteiger partial charge in [-0.05, 0) is 69.1 Å². The zero-order chi connectivity index (χ0) is 27.1. The number of aromatic nitrogens is 2. The first-order chi connectivity index (χ1) is 18.1. The minimum absolute atomic E-state index is 0.0809. The normalized spacial score (nSPS) is 21.9. The molecule has 1 aromatic carbocycles. The van der Waals surface area contributed by atoms with Gasteiger partial charge in [-0.15, -0.1) is 0 Å². The topological polar surface area (TPSA) is 110 Å². The van der Waals surface area contributed by atoms with Gasteiger partial charge in [-0.3, -0.25) is 14.3 Å². The van der Waals surface area contributed by atoms with E-state index in [-0.39, 0.29) is 12.0 Å². The molecule has 2 aromatic rings. The van der Waals surface area contributed by atoms with Crippen molar-refractivity contribution >= 4 is 27.4 Å². The molecular weight excluding hydrogens is 507 g/mol. The summed E-state index contributed by atoms with van der Waals surface area (Å²) in [5.74, 6) is -1.59. The lowest BCUT2D eigenvalue weighted by Crippen LogP contribution is -2.51. The van der Waals surface area contributed by atoms with Crippen LogP contribution in [0, 0.1) is 11.7 Å². The Bertz CT molecular complexity index is 1390. The number of aryl methyl sites for hydroxylation is 1. The van der Waals surface area contributed by atoms with Crippen LogP contribution < -0.4 is 10.0 Å². The van der Waals surface area contributed by atoms with Gasteiger partial charge in [-0.1, -0.05) is 31.9 Å². The number of amides is 2. The van der Waals surface area contributed by atoms with Gasteiger partial charge in [0.25, 0.3) is 11.8 Å². The van der Waals surface area contributed by atoms with Crippen LogP contribution in [0.25, 0.3) is 5.57 Å². The number of nitrogens with zero attached hydrogens (tertiary/aromatic N) is 2. The largest absolute Gasteiger partial charge is 0.342 e. The van der Waals surface area contributed by atoms with Gasteiger partial charge in [0, 0.05) is 30.3 Å². The minimum Gasteiger partial charge on any atom is -0.342 e. The lowest BCUT2D eigenvalue weighted by Gasteiger charge is -2.37. The maximum absolute atomic E-state index is 15.4. The second-order valence-corrected chi connectivity index (χ2v) is 13.1. The van der Waals surface area contributed by atoms with Crippen molar-refractivity contribution in [1.82, 2.24) is 19.8 Å². The van der Waals surface area contributed by atoms with Crippen LogP contribution in [0.2, 0.25) is 0 Å². The van der Waals surface area contributed by atoms with Gasteiger partial charge in [0.15, 0.2) is 0 Å². The number of nitrogens with one attached hydrogen (secondary N) is 2. The number of carbonyl (C=O) groups is 2. The monoisotopic (exact) mass is 542 g/mol. The average Bonchev–Trinajstić information content (AvgIpc) is 3.77. The van der Waals surface area contributed by atoms with E-state index in [1.165, 1.54) is 6.07 Å². The molecule has 0 spiro atoms. The number of halogens is 1. The molecule has 0 radical (unpaired) electrons. The van der Waals surface area contributed by atoms with Crippen LogP contribution in [-0.2, 0) is 38.1 Å². The zero-order valence-electron chi connectivity index (χ0n) is 21.9. The number of hydrogen-bond acceptors (Lipinski definition) is 5. The van der Waals surface area contributed by atoms with E-state index in [0.29, 0.717) is 35.6 Å². The SMILES string of the molecule is CCCCCc1ccc([C@]2(C)CC(c3ccn(CC4CC4)n3)=C(C(=O)NS(=O)(=O)C3CC3)C(=O)N2)c(F)c1. The fourth-order valence-electron chi connectivity index (χ4n) is 5.13. The van der Waals surface area contributed by atoms with Crippen molar-refractivity contribution in [3.8, 4) is 0 Å². The molecule has 1 aromatic heterocycles. The second kappa shape index (κ2) is 10.3. The van der Waals surface area contributed by atoms with E-state index < -0.39 is 38.4 Å². The quantitative estimate of drug-likeness (QED) is 0.330. The second-order valence-electron chi connectivity index (χ2n) is 11.1. The summed E-state index contributed by atoms with van der Waals surface area (Å²) in [7, 11) is -3.87. The van der Waals surface area contributed by atoms with Crippen LogP contribution in [0.5, 0.6) is 0 Å². The predicted molar refractivity (Wildman–Crippen MR) is 142 cm³/mol. The van der Waals surface area contributed by atoms with E-state index in [4.69, 9.17) is 0 Å². The van der Waals surface area contributed by atoms with E-state index in [0.717, 1.165) is 50.6 Å². The fraction of sp³-hybridized carbons (Fsp3) is 0.536. The van der Waals surface area contributed by atoms with Crippen molar-refractivity contribution < 1.29 is 22.4 Å². The summed E-state index contributed by atoms with van der Waals surface area (Å²) >= 11 is 0. The van der Waals surface area contributed by atoms with Crippen LogP contribution in [0.3, 0.4) is 0 Å². The molecule has 2 fully saturated rings. The van der Waals surface area contributed by atoms with E-state index in [2.05, 4.69) is 22.1 Å². The van der Waals surface area contributed by atoms with Crippen molar-refractivity contribution in [2.24, 2.45) is 5.92 Å². The first-order valence-corrected chi connectivity index (χ1v) is 15.1. The van der Waals surface area contributed by atoms with Gasteiger partial charge in [0.1, 0.15) is 11.4 Å². The Morgan fingerprint density at radius 2 is 1.97 bits per heavy atom. The Morgan fingerprint density at radius 1 is 1.21 bits per heavy atom. The molecule has 2 amide bonds. The molecule has 5 rings (SSSR count). The van der Waals surface area contributed by atoms with Crippen LogP contribution in [-0.4, -0.2) is 35.3 Å². The summed E-state index contributed by atoms with van der Waals surface area (Å²) in [4.78, 5) is 26.6. The van der Waals surface area contributed by atoms with Crippen LogP contribution in [0.4, 0.5) is 4.39 Å². The summed E-state index contributed by atoms with van der Waals surface area (Å²) in [5.41, 5.74) is 0.478. The molecule has 10 heteroatoms. The molecule has 204 valence electrons. The molecule has 2 saturated carbocycles. The van der Waals surface area contributed by atoms with Gasteiger partial charge < -0.3 is 5.32 Å². The number of benzene rings is 1. The number of hydrogen-bond donors (Lipinski definition) is 2. The van der Waals surface area contributed by atoms with Gasteiger partial charge in [-0.25, -0.2) is 17.5 Å². The van der Waals surface area contributed by atoms with Crippen molar-refractivity contribution in [3.63, 3.8) is 0 Å². The summed E-state index contributed by atoms with van der Waals surface area (Å²) < 4.78 is 44.3. The molecule has 0 unspecified atom stereocenters. The molecule has 2 heterocycles. The molecule has 8 nitrogen and oxygen atoms in total.